The molecule has 0 fully saturated rings. The summed E-state index contributed by atoms with van der Waals surface area (Å²) in [5.74, 6) is -6.22. The van der Waals surface area contributed by atoms with Crippen molar-refractivity contribution in [3.05, 3.63) is 176 Å². The maximum Gasteiger partial charge on any atom is 0.335 e. The molecule has 10 rings (SSSR count). The molecule has 88 heavy (non-hydrogen) atoms. The molecule has 9 aromatic rings. The molecule has 0 unspecified atom stereocenters. The highest BCUT2D eigenvalue weighted by atomic mass is 35.5. The maximum atomic E-state index is 15.3. The number of fused-ring (bicyclic) bond motifs is 2. The summed E-state index contributed by atoms with van der Waals surface area (Å²) in [6.45, 7) is 0. The van der Waals surface area contributed by atoms with E-state index in [-0.39, 0.29) is 88.3 Å². The molecule has 2 aromatic heterocycles. The smallest absolute Gasteiger partial charge is 0.335 e. The summed E-state index contributed by atoms with van der Waals surface area (Å²) >= 11 is 7.29. The minimum absolute atomic E-state index is 0.00972. The van der Waals surface area contributed by atoms with Gasteiger partial charge in [-0.1, -0.05) is 69.7 Å². The Bertz CT molecular complexity index is 4630. The number of aromatic amines is 1. The summed E-state index contributed by atoms with van der Waals surface area (Å²) in [6, 6.07) is 25.8. The summed E-state index contributed by atoms with van der Waals surface area (Å²) in [7, 11) is -9.92. The van der Waals surface area contributed by atoms with Gasteiger partial charge < -0.3 is 35.3 Å². The van der Waals surface area contributed by atoms with E-state index < -0.39 is 104 Å². The topological polar surface area (TPSA) is 448 Å². The quantitative estimate of drug-likeness (QED) is 0.00883. The van der Waals surface area contributed by atoms with Crippen LogP contribution in [0.15, 0.2) is 157 Å². The van der Waals surface area contributed by atoms with Gasteiger partial charge in [0.05, 0.1) is 95.6 Å². The number of ketones is 2. The minimum Gasteiger partial charge on any atom is -0.478 e. The number of carboxylic acid groups (broad SMARTS) is 2. The van der Waals surface area contributed by atoms with Gasteiger partial charge in [0.15, 0.2) is 17.3 Å². The number of H-pyrrole nitrogens is 1. The van der Waals surface area contributed by atoms with Crippen LogP contribution in [0.25, 0.3) is 33.2 Å². The Hall–Kier alpha value is -8.96. The van der Waals surface area contributed by atoms with Gasteiger partial charge in [-0.15, -0.1) is 13.0 Å². The van der Waals surface area contributed by atoms with Gasteiger partial charge in [-0.05, 0) is 95.0 Å². The zero-order valence-corrected chi connectivity index (χ0v) is 47.8. The Morgan fingerprint density at radius 3 is 1.90 bits per heavy atom. The standard InChI is InChI=1S/C52H31ClN6O24S5/c53-50-57-51(59-52(58-50)76-27-15-25(48(63)64)14-26(16-27)49(65)66)55-33-19-32(37(85-82-79-68)21-39(33)88(73,74)75)54-34-20-36(77-35-13-10-23(18-38(35)86-83-80-69)22-8-11-29(12-9-22)87(70,71)72)44-42-40(30-6-1-2-7-31(30)46(61)41(34)42)43(47(62)56-44)45(60)24-4-3-5-28(17-24)84-81-78-67/h1-21,54,67-69H,(H,56,62)(H,63,64)(H,65,66)(H,70,71,72)(H,73,74,75)(H,55,57,58,59). The SMILES string of the molecule is O=C(O)c1cc(Oc2nc(Cl)nc(Nc3cc(Nc4cc(Oc5ccc(-c6ccc(S(=O)(=O)O)cc6)cc5SOOO)c5[nH]c(=O)c(C(=O)c6cccc(SOOO)c6)c6c5c4C(=O)c4ccccc4-6)c(SOOO)cc3S(=O)(=O)O)n2)cc(C(=O)O)c1. The monoisotopic (exact) mass is 1320 g/mol. The number of anilines is 4. The zero-order chi connectivity index (χ0) is 62.8. The van der Waals surface area contributed by atoms with Gasteiger partial charge in [-0.25, -0.2) is 25.4 Å². The van der Waals surface area contributed by atoms with Crippen LogP contribution >= 0.6 is 47.7 Å². The molecular formula is C52H31ClN6O24S5. The van der Waals surface area contributed by atoms with Crippen molar-refractivity contribution in [1.29, 1.82) is 0 Å². The number of hydrogen-bond donors (Lipinski definition) is 10. The predicted molar refractivity (Wildman–Crippen MR) is 305 cm³/mol. The van der Waals surface area contributed by atoms with Crippen LogP contribution in [0.4, 0.5) is 23.0 Å². The van der Waals surface area contributed by atoms with Gasteiger partial charge in [0.2, 0.25) is 11.2 Å². The number of aromatic carboxylic acids is 2. The van der Waals surface area contributed by atoms with E-state index in [1.165, 1.54) is 84.9 Å². The van der Waals surface area contributed by atoms with Crippen LogP contribution in [-0.2, 0) is 48.4 Å². The first-order valence-corrected chi connectivity index (χ1v) is 29.3. The van der Waals surface area contributed by atoms with Gasteiger partial charge >= 0.3 is 17.9 Å². The highest BCUT2D eigenvalue weighted by molar-refractivity contribution is 7.95. The average molecular weight is 1320 g/mol. The van der Waals surface area contributed by atoms with Gasteiger partial charge in [0.1, 0.15) is 16.4 Å². The number of ether oxygens (including phenoxy) is 2. The number of carbonyl (C=O) groups excluding carboxylic acids is 2. The maximum absolute atomic E-state index is 15.3. The van der Waals surface area contributed by atoms with Crippen molar-refractivity contribution in [2.24, 2.45) is 0 Å². The second-order valence-electron chi connectivity index (χ2n) is 17.7. The number of carbonyl (C=O) groups is 4. The van der Waals surface area contributed by atoms with Crippen molar-refractivity contribution in [3.63, 3.8) is 0 Å². The Labute approximate surface area is 508 Å². The van der Waals surface area contributed by atoms with Crippen LogP contribution in [0.3, 0.4) is 0 Å². The fourth-order valence-corrected chi connectivity index (χ4v) is 11.6. The van der Waals surface area contributed by atoms with Crippen LogP contribution in [0.1, 0.15) is 52.6 Å². The summed E-state index contributed by atoms with van der Waals surface area (Å²) in [6.07, 6.45) is 0. The second-order valence-corrected chi connectivity index (χ2v) is 23.1. The van der Waals surface area contributed by atoms with E-state index in [2.05, 4.69) is 50.0 Å². The van der Waals surface area contributed by atoms with Gasteiger partial charge in [-0.2, -0.15) is 31.8 Å². The third kappa shape index (κ3) is 13.3. The van der Waals surface area contributed by atoms with Gasteiger partial charge in [0, 0.05) is 33.0 Å². The first kappa shape index (κ1) is 62.1. The third-order valence-corrected chi connectivity index (χ3v) is 16.2. The van der Waals surface area contributed by atoms with E-state index in [4.69, 9.17) is 35.0 Å². The van der Waals surface area contributed by atoms with E-state index in [9.17, 15) is 65.8 Å². The zero-order valence-electron chi connectivity index (χ0n) is 43.0. The fourth-order valence-electron chi connectivity index (χ4n) is 8.90. The molecule has 0 saturated heterocycles. The first-order chi connectivity index (χ1) is 42.0. The molecule has 36 heteroatoms. The molecule has 0 radical (unpaired) electrons. The Morgan fingerprint density at radius 2 is 1.24 bits per heavy atom. The fraction of sp³-hybridized carbons (Fsp3) is 0. The molecule has 1 aliphatic carbocycles. The first-order valence-electron chi connectivity index (χ1n) is 23.8. The number of nitrogens with zero attached hydrogens (tertiary/aromatic N) is 3. The Kier molecular flexibility index (Phi) is 18.2. The molecule has 2 heterocycles. The molecular weight excluding hydrogens is 1290 g/mol. The number of hydrogen-bond acceptors (Lipinski definition) is 28. The van der Waals surface area contributed by atoms with Gasteiger partial charge in [0.25, 0.3) is 25.8 Å². The highest BCUT2D eigenvalue weighted by Crippen LogP contribution is 2.50. The Morgan fingerprint density at radius 1 is 0.580 bits per heavy atom. The number of carboxylic acids is 2. The number of benzene rings is 7. The van der Waals surface area contributed by atoms with Crippen LogP contribution < -0.4 is 25.7 Å². The van der Waals surface area contributed by atoms with E-state index in [0.29, 0.717) is 35.2 Å². The van der Waals surface area contributed by atoms with Crippen molar-refractivity contribution in [2.45, 2.75) is 24.5 Å². The highest BCUT2D eigenvalue weighted by Gasteiger charge is 2.36. The number of halogens is 1. The van der Waals surface area contributed by atoms with Crippen LogP contribution in [0, 0.1) is 0 Å². The molecule has 10 N–H and O–H groups in total. The lowest BCUT2D eigenvalue weighted by Crippen LogP contribution is -2.24. The van der Waals surface area contributed by atoms with Crippen molar-refractivity contribution in [2.75, 3.05) is 10.6 Å². The Balaban J connectivity index is 1.19. The largest absolute Gasteiger partial charge is 0.478 e. The second kappa shape index (κ2) is 25.8. The van der Waals surface area contributed by atoms with Crippen molar-refractivity contribution < 1.29 is 109 Å². The number of pyridine rings is 1. The number of nitrogens with one attached hydrogen (secondary N) is 3. The molecule has 0 atom stereocenters. The number of rotatable bonds is 24. The summed E-state index contributed by atoms with van der Waals surface area (Å²) in [4.78, 5) is 81.7. The normalized spacial score (nSPS) is 12.0. The van der Waals surface area contributed by atoms with Crippen molar-refractivity contribution >= 4 is 125 Å². The van der Waals surface area contributed by atoms with Crippen LogP contribution in [0.5, 0.6) is 23.3 Å². The van der Waals surface area contributed by atoms with Gasteiger partial charge in [-0.3, -0.25) is 23.5 Å². The molecule has 30 nitrogen and oxygen atoms in total. The third-order valence-electron chi connectivity index (χ3n) is 12.4. The van der Waals surface area contributed by atoms with E-state index in [1.54, 1.807) is 0 Å². The van der Waals surface area contributed by atoms with Crippen molar-refractivity contribution in [3.8, 4) is 45.5 Å². The van der Waals surface area contributed by atoms with Crippen LogP contribution in [0.2, 0.25) is 5.28 Å². The number of aromatic nitrogens is 4. The molecule has 7 aromatic carbocycles. The molecule has 0 saturated carbocycles. The van der Waals surface area contributed by atoms with E-state index in [1.807, 2.05) is 0 Å². The summed E-state index contributed by atoms with van der Waals surface area (Å²) in [5.41, 5.74) is -3.70. The lowest BCUT2D eigenvalue weighted by atomic mass is 9.80. The lowest BCUT2D eigenvalue weighted by Gasteiger charge is -2.26. The molecule has 0 spiro atoms. The van der Waals surface area contributed by atoms with Crippen molar-refractivity contribution in [1.82, 2.24) is 19.9 Å². The molecule has 0 bridgehead atoms. The predicted octanol–water partition coefficient (Wildman–Crippen LogP) is 10.7. The van der Waals surface area contributed by atoms with E-state index in [0.717, 1.165) is 42.5 Å². The van der Waals surface area contributed by atoms with E-state index >= 15 is 4.79 Å². The summed E-state index contributed by atoms with van der Waals surface area (Å²) < 4.78 is 96.7. The lowest BCUT2D eigenvalue weighted by molar-refractivity contribution is -0.432. The molecule has 1 aliphatic rings. The molecule has 0 aliphatic heterocycles. The molecule has 0 amide bonds. The van der Waals surface area contributed by atoms with Crippen LogP contribution in [-0.4, -0.2) is 95.4 Å². The minimum atomic E-state index is -5.34. The molecule has 450 valence electrons. The average Bonchev–Trinajstić information content (AvgIpc) is 0.765. The summed E-state index contributed by atoms with van der Waals surface area (Å²) in [5, 5.41) is 62.9.